The molecule has 1 atom stereocenters. The molecule has 7 heteroatoms. The van der Waals surface area contributed by atoms with E-state index in [4.69, 9.17) is 23.2 Å². The van der Waals surface area contributed by atoms with Crippen LogP contribution in [0.2, 0.25) is 10.0 Å². The fourth-order valence-electron chi connectivity index (χ4n) is 2.07. The molecular weight excluding hydrogens is 347 g/mol. The van der Waals surface area contributed by atoms with Crippen molar-refractivity contribution in [3.05, 3.63) is 63.9 Å². The molecule has 0 aliphatic rings. The van der Waals surface area contributed by atoms with Gasteiger partial charge in [0.15, 0.2) is 5.96 Å². The topological polar surface area (TPSA) is 69.5 Å². The average Bonchev–Trinajstić information content (AvgIpc) is 2.57. The third kappa shape index (κ3) is 6.00. The van der Waals surface area contributed by atoms with Gasteiger partial charge in [0, 0.05) is 29.3 Å². The number of aliphatic hydroxyl groups is 1. The van der Waals surface area contributed by atoms with E-state index in [0.29, 0.717) is 34.7 Å². The second kappa shape index (κ2) is 9.47. The van der Waals surface area contributed by atoms with Gasteiger partial charge in [0.2, 0.25) is 0 Å². The summed E-state index contributed by atoms with van der Waals surface area (Å²) < 4.78 is 0. The summed E-state index contributed by atoms with van der Waals surface area (Å²) in [6.07, 6.45) is 0.984. The highest BCUT2D eigenvalue weighted by Gasteiger charge is 2.10. The molecule has 2 aromatic rings. The Kier molecular flexibility index (Phi) is 7.31. The number of nitrogens with zero attached hydrogens (tertiary/aromatic N) is 2. The Bertz CT molecular complexity index is 659. The Morgan fingerprint density at radius 1 is 1.21 bits per heavy atom. The summed E-state index contributed by atoms with van der Waals surface area (Å²) in [6, 6.07) is 10.7. The highest BCUT2D eigenvalue weighted by Crippen LogP contribution is 2.23. The molecular formula is C17H20Cl2N4O. The standard InChI is InChI=1S/C17H20Cl2N4O/c1-2-20-17(22-10-15-5-3-4-6-21-15)23-11-16(24)12-7-13(18)9-14(19)8-12/h3-9,16,24H,2,10-11H2,1H3,(H2,20,22,23). The van der Waals surface area contributed by atoms with E-state index in [1.54, 1.807) is 24.4 Å². The van der Waals surface area contributed by atoms with Crippen LogP contribution in [0, 0.1) is 0 Å². The number of aliphatic imine (C=N–C) groups is 1. The second-order valence-corrected chi connectivity index (χ2v) is 5.99. The van der Waals surface area contributed by atoms with Crippen LogP contribution in [0.25, 0.3) is 0 Å². The van der Waals surface area contributed by atoms with Gasteiger partial charge in [-0.05, 0) is 42.8 Å². The average molecular weight is 367 g/mol. The Morgan fingerprint density at radius 2 is 1.96 bits per heavy atom. The molecule has 128 valence electrons. The van der Waals surface area contributed by atoms with Crippen LogP contribution >= 0.6 is 23.2 Å². The van der Waals surface area contributed by atoms with E-state index in [-0.39, 0.29) is 6.54 Å². The van der Waals surface area contributed by atoms with Crippen LogP contribution in [-0.4, -0.2) is 29.1 Å². The van der Waals surface area contributed by atoms with Gasteiger partial charge in [0.1, 0.15) is 0 Å². The number of benzene rings is 1. The highest BCUT2D eigenvalue weighted by molar-refractivity contribution is 6.34. The molecule has 0 fully saturated rings. The SMILES string of the molecule is CCNC(=NCc1ccccn1)NCC(O)c1cc(Cl)cc(Cl)c1. The summed E-state index contributed by atoms with van der Waals surface area (Å²) in [4.78, 5) is 8.68. The van der Waals surface area contributed by atoms with Crippen molar-refractivity contribution < 1.29 is 5.11 Å². The summed E-state index contributed by atoms with van der Waals surface area (Å²) >= 11 is 11.9. The molecule has 5 nitrogen and oxygen atoms in total. The molecule has 0 aliphatic carbocycles. The van der Waals surface area contributed by atoms with E-state index >= 15 is 0 Å². The molecule has 24 heavy (non-hydrogen) atoms. The number of pyridine rings is 1. The minimum atomic E-state index is -0.750. The van der Waals surface area contributed by atoms with Crippen LogP contribution in [0.5, 0.6) is 0 Å². The number of guanidine groups is 1. The van der Waals surface area contributed by atoms with Gasteiger partial charge in [-0.3, -0.25) is 4.98 Å². The third-order valence-corrected chi connectivity index (χ3v) is 3.64. The van der Waals surface area contributed by atoms with Gasteiger partial charge in [-0.2, -0.15) is 0 Å². The maximum absolute atomic E-state index is 10.3. The van der Waals surface area contributed by atoms with Crippen LogP contribution in [0.1, 0.15) is 24.3 Å². The zero-order chi connectivity index (χ0) is 17.4. The largest absolute Gasteiger partial charge is 0.387 e. The van der Waals surface area contributed by atoms with Gasteiger partial charge in [-0.15, -0.1) is 0 Å². The molecule has 0 amide bonds. The quantitative estimate of drug-likeness (QED) is 0.542. The van der Waals surface area contributed by atoms with E-state index in [0.717, 1.165) is 5.69 Å². The lowest BCUT2D eigenvalue weighted by molar-refractivity contribution is 0.181. The summed E-state index contributed by atoms with van der Waals surface area (Å²) in [6.45, 7) is 3.43. The first-order chi connectivity index (χ1) is 11.6. The van der Waals surface area contributed by atoms with Crippen molar-refractivity contribution in [2.45, 2.75) is 19.6 Å². The van der Waals surface area contributed by atoms with E-state index in [1.165, 1.54) is 0 Å². The van der Waals surface area contributed by atoms with Crippen molar-refractivity contribution in [3.8, 4) is 0 Å². The molecule has 1 heterocycles. The van der Waals surface area contributed by atoms with E-state index < -0.39 is 6.10 Å². The molecule has 0 spiro atoms. The number of rotatable bonds is 6. The summed E-state index contributed by atoms with van der Waals surface area (Å²) in [5, 5.41) is 17.5. The fourth-order valence-corrected chi connectivity index (χ4v) is 2.62. The van der Waals surface area contributed by atoms with Crippen LogP contribution in [0.4, 0.5) is 0 Å². The van der Waals surface area contributed by atoms with Gasteiger partial charge in [0.25, 0.3) is 0 Å². The van der Waals surface area contributed by atoms with Crippen molar-refractivity contribution in [1.82, 2.24) is 15.6 Å². The molecule has 2 rings (SSSR count). The van der Waals surface area contributed by atoms with Gasteiger partial charge in [-0.1, -0.05) is 29.3 Å². The number of nitrogens with one attached hydrogen (secondary N) is 2. The smallest absolute Gasteiger partial charge is 0.191 e. The van der Waals surface area contributed by atoms with Crippen molar-refractivity contribution in [3.63, 3.8) is 0 Å². The summed E-state index contributed by atoms with van der Waals surface area (Å²) in [7, 11) is 0. The van der Waals surface area contributed by atoms with Gasteiger partial charge < -0.3 is 15.7 Å². The summed E-state index contributed by atoms with van der Waals surface area (Å²) in [5.41, 5.74) is 1.53. The van der Waals surface area contributed by atoms with Crippen molar-refractivity contribution in [2.75, 3.05) is 13.1 Å². The molecule has 1 aromatic carbocycles. The van der Waals surface area contributed by atoms with Crippen LogP contribution in [0.3, 0.4) is 0 Å². The van der Waals surface area contributed by atoms with Crippen molar-refractivity contribution in [2.24, 2.45) is 4.99 Å². The molecule has 0 aliphatic heterocycles. The number of hydrogen-bond acceptors (Lipinski definition) is 3. The molecule has 0 radical (unpaired) electrons. The number of aliphatic hydroxyl groups excluding tert-OH is 1. The monoisotopic (exact) mass is 366 g/mol. The van der Waals surface area contributed by atoms with Gasteiger partial charge in [-0.25, -0.2) is 4.99 Å². The highest BCUT2D eigenvalue weighted by atomic mass is 35.5. The van der Waals surface area contributed by atoms with E-state index in [2.05, 4.69) is 20.6 Å². The molecule has 1 aromatic heterocycles. The van der Waals surface area contributed by atoms with Crippen molar-refractivity contribution >= 4 is 29.2 Å². The number of halogens is 2. The molecule has 0 bridgehead atoms. The number of hydrogen-bond donors (Lipinski definition) is 3. The van der Waals surface area contributed by atoms with Crippen molar-refractivity contribution in [1.29, 1.82) is 0 Å². The normalized spacial score (nSPS) is 12.8. The first-order valence-corrected chi connectivity index (χ1v) is 8.40. The molecule has 1 unspecified atom stereocenters. The lowest BCUT2D eigenvalue weighted by Gasteiger charge is -2.16. The Morgan fingerprint density at radius 3 is 2.58 bits per heavy atom. The maximum atomic E-state index is 10.3. The predicted molar refractivity (Wildman–Crippen MR) is 98.5 cm³/mol. The van der Waals surface area contributed by atoms with E-state index in [9.17, 15) is 5.11 Å². The second-order valence-electron chi connectivity index (χ2n) is 5.12. The third-order valence-electron chi connectivity index (χ3n) is 3.20. The molecule has 3 N–H and O–H groups in total. The number of aromatic nitrogens is 1. The maximum Gasteiger partial charge on any atom is 0.191 e. The zero-order valence-electron chi connectivity index (χ0n) is 13.3. The lowest BCUT2D eigenvalue weighted by atomic mass is 10.1. The first-order valence-electron chi connectivity index (χ1n) is 7.64. The Labute approximate surface area is 151 Å². The molecule has 0 saturated carbocycles. The minimum Gasteiger partial charge on any atom is -0.387 e. The Hall–Kier alpha value is -1.82. The minimum absolute atomic E-state index is 0.282. The van der Waals surface area contributed by atoms with Gasteiger partial charge in [0.05, 0.1) is 18.3 Å². The summed E-state index contributed by atoms with van der Waals surface area (Å²) in [5.74, 6) is 0.607. The fraction of sp³-hybridized carbons (Fsp3) is 0.294. The lowest BCUT2D eigenvalue weighted by Crippen LogP contribution is -2.39. The first kappa shape index (κ1) is 18.5. The predicted octanol–water partition coefficient (Wildman–Crippen LogP) is 3.18. The molecule has 0 saturated heterocycles. The van der Waals surface area contributed by atoms with Crippen LogP contribution in [0.15, 0.2) is 47.6 Å². The van der Waals surface area contributed by atoms with Crippen LogP contribution in [-0.2, 0) is 6.54 Å². The van der Waals surface area contributed by atoms with Gasteiger partial charge >= 0.3 is 0 Å². The zero-order valence-corrected chi connectivity index (χ0v) is 14.8. The Balaban J connectivity index is 1.97. The van der Waals surface area contributed by atoms with E-state index in [1.807, 2.05) is 25.1 Å². The van der Waals surface area contributed by atoms with Crippen LogP contribution < -0.4 is 10.6 Å².